The summed E-state index contributed by atoms with van der Waals surface area (Å²) in [5.41, 5.74) is 2.06. The lowest BCUT2D eigenvalue weighted by atomic mass is 9.90. The first kappa shape index (κ1) is 11.8. The Labute approximate surface area is 101 Å². The fourth-order valence-corrected chi connectivity index (χ4v) is 1.48. The van der Waals surface area contributed by atoms with Crippen LogP contribution in [0.3, 0.4) is 0 Å². The standard InChI is InChI=1S/C13H17N3O/c1-13(2,3)11-7-15-16(8-11)12-5-4-10(9-17)6-14-12/h4-8,17H,9H2,1-3H3. The Morgan fingerprint density at radius 3 is 2.47 bits per heavy atom. The highest BCUT2D eigenvalue weighted by Gasteiger charge is 2.16. The number of nitrogens with zero attached hydrogens (tertiary/aromatic N) is 3. The Bertz CT molecular complexity index is 494. The number of hydrogen-bond donors (Lipinski definition) is 1. The first-order valence-electron chi connectivity index (χ1n) is 5.62. The van der Waals surface area contributed by atoms with Gasteiger partial charge in [0.1, 0.15) is 0 Å². The van der Waals surface area contributed by atoms with Crippen molar-refractivity contribution in [3.05, 3.63) is 41.9 Å². The number of pyridine rings is 1. The van der Waals surface area contributed by atoms with E-state index in [1.807, 2.05) is 24.5 Å². The van der Waals surface area contributed by atoms with Crippen LogP contribution in [0.25, 0.3) is 5.82 Å². The normalized spacial score (nSPS) is 11.8. The monoisotopic (exact) mass is 231 g/mol. The van der Waals surface area contributed by atoms with Crippen molar-refractivity contribution >= 4 is 0 Å². The van der Waals surface area contributed by atoms with Crippen molar-refractivity contribution in [2.24, 2.45) is 0 Å². The van der Waals surface area contributed by atoms with Crippen molar-refractivity contribution in [1.29, 1.82) is 0 Å². The molecule has 0 aliphatic carbocycles. The minimum atomic E-state index is 0.0135. The molecule has 90 valence electrons. The smallest absolute Gasteiger partial charge is 0.153 e. The van der Waals surface area contributed by atoms with Gasteiger partial charge in [0, 0.05) is 12.4 Å². The molecule has 2 aromatic rings. The van der Waals surface area contributed by atoms with E-state index < -0.39 is 0 Å². The second-order valence-electron chi connectivity index (χ2n) is 5.11. The van der Waals surface area contributed by atoms with E-state index in [-0.39, 0.29) is 12.0 Å². The molecule has 0 aromatic carbocycles. The van der Waals surface area contributed by atoms with Crippen LogP contribution in [0.4, 0.5) is 0 Å². The third kappa shape index (κ3) is 2.53. The lowest BCUT2D eigenvalue weighted by molar-refractivity contribution is 0.281. The molecule has 1 N–H and O–H groups in total. The van der Waals surface area contributed by atoms with Gasteiger partial charge in [0.2, 0.25) is 0 Å². The van der Waals surface area contributed by atoms with Crippen molar-refractivity contribution in [3.63, 3.8) is 0 Å². The van der Waals surface area contributed by atoms with Gasteiger partial charge in [0.15, 0.2) is 5.82 Å². The Kier molecular flexibility index (Phi) is 2.98. The molecular weight excluding hydrogens is 214 g/mol. The molecule has 0 fully saturated rings. The number of rotatable bonds is 2. The first-order valence-corrected chi connectivity index (χ1v) is 5.62. The Morgan fingerprint density at radius 2 is 2.00 bits per heavy atom. The van der Waals surface area contributed by atoms with Crippen LogP contribution < -0.4 is 0 Å². The number of aliphatic hydroxyl groups excluding tert-OH is 1. The second kappa shape index (κ2) is 4.30. The lowest BCUT2D eigenvalue weighted by Crippen LogP contribution is -2.09. The SMILES string of the molecule is CC(C)(C)c1cnn(-c2ccc(CO)cn2)c1. The Morgan fingerprint density at radius 1 is 1.24 bits per heavy atom. The molecule has 0 aliphatic heterocycles. The third-order valence-corrected chi connectivity index (χ3v) is 2.68. The van der Waals surface area contributed by atoms with Crippen LogP contribution in [-0.2, 0) is 12.0 Å². The van der Waals surface area contributed by atoms with Crippen LogP contribution >= 0.6 is 0 Å². The fraction of sp³-hybridized carbons (Fsp3) is 0.385. The molecule has 0 spiro atoms. The lowest BCUT2D eigenvalue weighted by Gasteiger charge is -2.14. The van der Waals surface area contributed by atoms with E-state index in [1.165, 1.54) is 5.56 Å². The van der Waals surface area contributed by atoms with E-state index in [0.29, 0.717) is 0 Å². The van der Waals surface area contributed by atoms with Gasteiger partial charge in [-0.25, -0.2) is 9.67 Å². The van der Waals surface area contributed by atoms with E-state index in [2.05, 4.69) is 30.9 Å². The van der Waals surface area contributed by atoms with Crippen molar-refractivity contribution in [2.45, 2.75) is 32.8 Å². The highest BCUT2D eigenvalue weighted by atomic mass is 16.3. The molecule has 0 atom stereocenters. The molecule has 0 saturated heterocycles. The van der Waals surface area contributed by atoms with E-state index >= 15 is 0 Å². The average molecular weight is 231 g/mol. The van der Waals surface area contributed by atoms with Gasteiger partial charge in [0.25, 0.3) is 0 Å². The highest BCUT2D eigenvalue weighted by Crippen LogP contribution is 2.21. The predicted molar refractivity (Wildman–Crippen MR) is 66.0 cm³/mol. The zero-order valence-electron chi connectivity index (χ0n) is 10.4. The summed E-state index contributed by atoms with van der Waals surface area (Å²) in [5.74, 6) is 0.762. The average Bonchev–Trinajstić information content (AvgIpc) is 2.78. The van der Waals surface area contributed by atoms with Crippen LogP contribution in [0.2, 0.25) is 0 Å². The molecule has 0 saturated carbocycles. The largest absolute Gasteiger partial charge is 0.392 e. The minimum Gasteiger partial charge on any atom is -0.392 e. The molecule has 0 bridgehead atoms. The second-order valence-corrected chi connectivity index (χ2v) is 5.11. The number of aromatic nitrogens is 3. The van der Waals surface area contributed by atoms with Crippen molar-refractivity contribution in [3.8, 4) is 5.82 Å². The molecule has 0 unspecified atom stereocenters. The summed E-state index contributed by atoms with van der Waals surface area (Å²) in [7, 11) is 0. The molecule has 0 amide bonds. The van der Waals surface area contributed by atoms with Crippen LogP contribution in [0.1, 0.15) is 31.9 Å². The fourth-order valence-electron chi connectivity index (χ4n) is 1.48. The van der Waals surface area contributed by atoms with E-state index in [0.717, 1.165) is 11.4 Å². The maximum Gasteiger partial charge on any atom is 0.153 e. The van der Waals surface area contributed by atoms with Crippen LogP contribution in [0.5, 0.6) is 0 Å². The van der Waals surface area contributed by atoms with Gasteiger partial charge in [-0.1, -0.05) is 26.8 Å². The van der Waals surface area contributed by atoms with E-state index in [1.54, 1.807) is 10.9 Å². The topological polar surface area (TPSA) is 50.9 Å². The number of hydrogen-bond acceptors (Lipinski definition) is 3. The van der Waals surface area contributed by atoms with Gasteiger partial charge in [-0.2, -0.15) is 5.10 Å². The molecule has 0 radical (unpaired) electrons. The van der Waals surface area contributed by atoms with Crippen LogP contribution in [0.15, 0.2) is 30.7 Å². The summed E-state index contributed by atoms with van der Waals surface area (Å²) >= 11 is 0. The van der Waals surface area contributed by atoms with Crippen molar-refractivity contribution in [1.82, 2.24) is 14.8 Å². The van der Waals surface area contributed by atoms with Gasteiger partial charge >= 0.3 is 0 Å². The molecule has 2 heterocycles. The summed E-state index contributed by atoms with van der Waals surface area (Å²) < 4.78 is 1.75. The van der Waals surface area contributed by atoms with Gasteiger partial charge in [-0.15, -0.1) is 0 Å². The summed E-state index contributed by atoms with van der Waals surface area (Å²) in [6.07, 6.45) is 5.51. The van der Waals surface area contributed by atoms with Crippen molar-refractivity contribution in [2.75, 3.05) is 0 Å². The highest BCUT2D eigenvalue weighted by molar-refractivity contribution is 5.27. The van der Waals surface area contributed by atoms with Gasteiger partial charge in [-0.3, -0.25) is 0 Å². The summed E-state index contributed by atoms with van der Waals surface area (Å²) in [5, 5.41) is 13.2. The zero-order valence-corrected chi connectivity index (χ0v) is 10.4. The third-order valence-electron chi connectivity index (χ3n) is 2.68. The first-order chi connectivity index (χ1) is 8.00. The number of aliphatic hydroxyl groups is 1. The maximum absolute atomic E-state index is 8.95. The predicted octanol–water partition coefficient (Wildman–Crippen LogP) is 2.06. The van der Waals surface area contributed by atoms with Crippen molar-refractivity contribution < 1.29 is 5.11 Å². The minimum absolute atomic E-state index is 0.0135. The quantitative estimate of drug-likeness (QED) is 0.860. The maximum atomic E-state index is 8.95. The summed E-state index contributed by atoms with van der Waals surface area (Å²) in [4.78, 5) is 4.26. The molecule has 2 aromatic heterocycles. The molecule has 4 nitrogen and oxygen atoms in total. The van der Waals surface area contributed by atoms with Crippen LogP contribution in [0, 0.1) is 0 Å². The van der Waals surface area contributed by atoms with E-state index in [9.17, 15) is 0 Å². The van der Waals surface area contributed by atoms with E-state index in [4.69, 9.17) is 5.11 Å². The van der Waals surface area contributed by atoms with Crippen LogP contribution in [-0.4, -0.2) is 19.9 Å². The molecule has 17 heavy (non-hydrogen) atoms. The summed E-state index contributed by atoms with van der Waals surface area (Å²) in [6.45, 7) is 6.46. The van der Waals surface area contributed by atoms with Gasteiger partial charge in [0.05, 0.1) is 12.8 Å². The Balaban J connectivity index is 2.30. The van der Waals surface area contributed by atoms with Gasteiger partial charge in [-0.05, 0) is 22.6 Å². The molecular formula is C13H17N3O. The zero-order chi connectivity index (χ0) is 12.5. The molecule has 4 heteroatoms. The van der Waals surface area contributed by atoms with Gasteiger partial charge < -0.3 is 5.11 Å². The molecule has 0 aliphatic rings. The Hall–Kier alpha value is -1.68. The molecule has 2 rings (SSSR count). The summed E-state index contributed by atoms with van der Waals surface area (Å²) in [6, 6.07) is 3.70.